The molecule has 4 heteroatoms. The van der Waals surface area contributed by atoms with E-state index in [9.17, 15) is 14.9 Å². The van der Waals surface area contributed by atoms with Gasteiger partial charge in [-0.2, -0.15) is 0 Å². The highest BCUT2D eigenvalue weighted by Crippen LogP contribution is 2.06. The van der Waals surface area contributed by atoms with Gasteiger partial charge in [-0.25, -0.2) is 0 Å². The summed E-state index contributed by atoms with van der Waals surface area (Å²) in [6.45, 7) is 2.00. The molecule has 0 rings (SSSR count). The zero-order valence-corrected chi connectivity index (χ0v) is 14.5. The first-order chi connectivity index (χ1) is 11.7. The Kier molecular flexibility index (Phi) is 15.5. The van der Waals surface area contributed by atoms with Crippen LogP contribution in [0.25, 0.3) is 0 Å². The van der Waals surface area contributed by atoms with E-state index in [2.05, 4.69) is 24.3 Å². The third-order valence-corrected chi connectivity index (χ3v) is 3.15. The quantitative estimate of drug-likeness (QED) is 0.180. The molecule has 0 aromatic carbocycles. The zero-order valence-electron chi connectivity index (χ0n) is 14.5. The highest BCUT2D eigenvalue weighted by atomic mass is 16.6. The van der Waals surface area contributed by atoms with Gasteiger partial charge in [0.05, 0.1) is 11.3 Å². The average Bonchev–Trinajstić information content (AvgIpc) is 2.57. The lowest BCUT2D eigenvalue weighted by atomic mass is 10.2. The Labute approximate surface area is 145 Å². The second-order valence-electron chi connectivity index (χ2n) is 5.19. The topological polar surface area (TPSA) is 60.2 Å². The molecule has 0 fully saturated rings. The van der Waals surface area contributed by atoms with Gasteiger partial charge in [0.2, 0.25) is 5.70 Å². The van der Waals surface area contributed by atoms with Crippen LogP contribution < -0.4 is 0 Å². The highest BCUT2D eigenvalue weighted by Gasteiger charge is 2.05. The van der Waals surface area contributed by atoms with E-state index < -0.39 is 0 Å². The summed E-state index contributed by atoms with van der Waals surface area (Å²) in [5, 5.41) is 10.9. The van der Waals surface area contributed by atoms with Gasteiger partial charge in [0.1, 0.15) is 0 Å². The van der Waals surface area contributed by atoms with Gasteiger partial charge >= 0.3 is 0 Å². The van der Waals surface area contributed by atoms with Crippen LogP contribution >= 0.6 is 0 Å². The average molecular weight is 330 g/mol. The molecule has 0 N–H and O–H groups in total. The molecule has 0 aliphatic rings. The van der Waals surface area contributed by atoms with Gasteiger partial charge in [-0.05, 0) is 44.6 Å². The summed E-state index contributed by atoms with van der Waals surface area (Å²) in [7, 11) is 0. The molecule has 0 aromatic heterocycles. The Balaban J connectivity index is 3.91. The molecule has 4 nitrogen and oxygen atoms in total. The number of hydrogen-bond donors (Lipinski definition) is 0. The van der Waals surface area contributed by atoms with Crippen LogP contribution in [-0.2, 0) is 4.79 Å². The number of nitrogens with zero attached hydrogens (tertiary/aromatic N) is 1. The van der Waals surface area contributed by atoms with Gasteiger partial charge in [0.15, 0.2) is 6.29 Å². The van der Waals surface area contributed by atoms with Crippen LogP contribution in [0.5, 0.6) is 0 Å². The summed E-state index contributed by atoms with van der Waals surface area (Å²) < 4.78 is 0. The smallest absolute Gasteiger partial charge is 0.246 e. The lowest BCUT2D eigenvalue weighted by Gasteiger charge is -1.93. The molecule has 0 aliphatic heterocycles. The fraction of sp³-hybridized carbons (Fsp3) is 0.450. The van der Waals surface area contributed by atoms with Crippen LogP contribution in [0.1, 0.15) is 58.3 Å². The van der Waals surface area contributed by atoms with Crippen molar-refractivity contribution in [3.05, 3.63) is 70.5 Å². The van der Waals surface area contributed by atoms with Crippen molar-refractivity contribution in [1.82, 2.24) is 0 Å². The second-order valence-corrected chi connectivity index (χ2v) is 5.19. The summed E-state index contributed by atoms with van der Waals surface area (Å²) >= 11 is 0. The van der Waals surface area contributed by atoms with Gasteiger partial charge in [-0.1, -0.05) is 55.5 Å². The molecule has 0 spiro atoms. The molecule has 1 radical (unpaired) electrons. The monoisotopic (exact) mass is 330 g/mol. The van der Waals surface area contributed by atoms with Crippen LogP contribution in [0.3, 0.4) is 0 Å². The first kappa shape index (κ1) is 21.8. The molecule has 0 saturated carbocycles. The predicted octanol–water partition coefficient (Wildman–Crippen LogP) is 5.62. The Hall–Kier alpha value is -2.23. The van der Waals surface area contributed by atoms with Crippen LogP contribution in [0.15, 0.2) is 60.4 Å². The highest BCUT2D eigenvalue weighted by molar-refractivity contribution is 5.50. The van der Waals surface area contributed by atoms with Crippen molar-refractivity contribution in [3.8, 4) is 0 Å². The van der Waals surface area contributed by atoms with E-state index in [1.54, 1.807) is 6.08 Å². The molecule has 0 aromatic rings. The maximum atomic E-state index is 10.9. The van der Waals surface area contributed by atoms with Gasteiger partial charge in [0, 0.05) is 6.42 Å². The molecule has 0 atom stereocenters. The molecule has 0 bridgehead atoms. The Morgan fingerprint density at radius 2 is 1.58 bits per heavy atom. The Morgan fingerprint density at radius 1 is 0.958 bits per heavy atom. The number of rotatable bonds is 14. The summed E-state index contributed by atoms with van der Waals surface area (Å²) in [6, 6.07) is 0. The normalized spacial score (nSPS) is 13.0. The van der Waals surface area contributed by atoms with Crippen molar-refractivity contribution < 1.29 is 9.72 Å². The lowest BCUT2D eigenvalue weighted by Crippen LogP contribution is -1.97. The zero-order chi connectivity index (χ0) is 17.9. The first-order valence-electron chi connectivity index (χ1n) is 8.50. The SMILES string of the molecule is CC/C=C\C/C(=C\C/C=C\C/C=C\C/C=C\CCC[C]=O)[N+](=O)[O-]. The van der Waals surface area contributed by atoms with Gasteiger partial charge in [0.25, 0.3) is 0 Å². The van der Waals surface area contributed by atoms with Crippen LogP contribution in [0, 0.1) is 10.1 Å². The van der Waals surface area contributed by atoms with E-state index in [0.29, 0.717) is 19.3 Å². The van der Waals surface area contributed by atoms with Crippen molar-refractivity contribution >= 4 is 6.29 Å². The number of carbonyl (C=O) groups excluding carboxylic acids is 1. The molecular weight excluding hydrogens is 302 g/mol. The molecular formula is C20H28NO3. The van der Waals surface area contributed by atoms with E-state index in [-0.39, 0.29) is 10.6 Å². The van der Waals surface area contributed by atoms with Crippen LogP contribution in [-0.4, -0.2) is 11.2 Å². The summed E-state index contributed by atoms with van der Waals surface area (Å²) in [4.78, 5) is 20.6. The number of unbranched alkanes of at least 4 members (excludes halogenated alkanes) is 2. The van der Waals surface area contributed by atoms with E-state index in [4.69, 9.17) is 0 Å². The third kappa shape index (κ3) is 14.7. The van der Waals surface area contributed by atoms with Crippen molar-refractivity contribution in [2.75, 3.05) is 0 Å². The maximum Gasteiger partial charge on any atom is 0.246 e. The van der Waals surface area contributed by atoms with Gasteiger partial charge < -0.3 is 0 Å². The fourth-order valence-corrected chi connectivity index (χ4v) is 1.86. The van der Waals surface area contributed by atoms with Crippen molar-refractivity contribution in [2.24, 2.45) is 0 Å². The molecule has 0 aliphatic carbocycles. The largest absolute Gasteiger partial charge is 0.291 e. The second kappa shape index (κ2) is 17.1. The number of hydrogen-bond acceptors (Lipinski definition) is 3. The molecule has 0 saturated heterocycles. The minimum absolute atomic E-state index is 0.247. The molecule has 0 heterocycles. The lowest BCUT2D eigenvalue weighted by molar-refractivity contribution is -0.427. The standard InChI is InChI=1S/C20H28NO3/c1-2-3-14-17-20(21(23)24)18-15-12-10-8-6-4-5-7-9-11-13-16-19-22/h3-4,6-7,9-10,12,14,18H,2,5,8,11,13,15-17H2,1H3/b6-4-,9-7-,12-10-,14-3-,20-18+. The van der Waals surface area contributed by atoms with Crippen LogP contribution in [0.2, 0.25) is 0 Å². The maximum absolute atomic E-state index is 10.9. The third-order valence-electron chi connectivity index (χ3n) is 3.15. The minimum atomic E-state index is -0.312. The first-order valence-corrected chi connectivity index (χ1v) is 8.50. The van der Waals surface area contributed by atoms with Gasteiger partial charge in [-0.15, -0.1) is 0 Å². The van der Waals surface area contributed by atoms with Crippen LogP contribution in [0.4, 0.5) is 0 Å². The molecule has 0 unspecified atom stereocenters. The molecule has 0 amide bonds. The van der Waals surface area contributed by atoms with E-state index >= 15 is 0 Å². The summed E-state index contributed by atoms with van der Waals surface area (Å²) in [5.74, 6) is 0. The Bertz CT molecular complexity index is 485. The predicted molar refractivity (Wildman–Crippen MR) is 99.9 cm³/mol. The van der Waals surface area contributed by atoms with Gasteiger partial charge in [-0.3, -0.25) is 14.9 Å². The molecule has 131 valence electrons. The minimum Gasteiger partial charge on any atom is -0.291 e. The van der Waals surface area contributed by atoms with Crippen molar-refractivity contribution in [3.63, 3.8) is 0 Å². The van der Waals surface area contributed by atoms with E-state index in [1.165, 1.54) is 0 Å². The van der Waals surface area contributed by atoms with Crippen molar-refractivity contribution in [1.29, 1.82) is 0 Å². The van der Waals surface area contributed by atoms with Crippen molar-refractivity contribution in [2.45, 2.75) is 58.3 Å². The fourth-order valence-electron chi connectivity index (χ4n) is 1.86. The van der Waals surface area contributed by atoms with E-state index in [0.717, 1.165) is 32.1 Å². The molecule has 24 heavy (non-hydrogen) atoms. The Morgan fingerprint density at radius 3 is 2.17 bits per heavy atom. The number of nitro groups is 1. The summed E-state index contributed by atoms with van der Waals surface area (Å²) in [6.07, 6.45) is 25.4. The van der Waals surface area contributed by atoms with E-state index in [1.807, 2.05) is 37.5 Å². The summed E-state index contributed by atoms with van der Waals surface area (Å²) in [5.41, 5.74) is 0.247. The number of allylic oxidation sites excluding steroid dienone is 9.